The molecule has 24 heavy (non-hydrogen) atoms. The van der Waals surface area contributed by atoms with Gasteiger partial charge < -0.3 is 14.4 Å². The van der Waals surface area contributed by atoms with Gasteiger partial charge in [-0.1, -0.05) is 0 Å². The van der Waals surface area contributed by atoms with Crippen LogP contribution in [0.3, 0.4) is 0 Å². The molecule has 126 valence electrons. The average Bonchev–Trinajstić information content (AvgIpc) is 2.94. The van der Waals surface area contributed by atoms with Crippen LogP contribution in [-0.4, -0.2) is 30.6 Å². The lowest BCUT2D eigenvalue weighted by molar-refractivity contribution is 0.0448. The molecule has 0 amide bonds. The Morgan fingerprint density at radius 2 is 2.00 bits per heavy atom. The number of carbonyl (C=O) groups excluding carboxylic acids is 1. The van der Waals surface area contributed by atoms with Crippen LogP contribution in [0.1, 0.15) is 48.5 Å². The van der Waals surface area contributed by atoms with Gasteiger partial charge in [0.25, 0.3) is 0 Å². The summed E-state index contributed by atoms with van der Waals surface area (Å²) in [5.74, 6) is 0.400. The molecule has 0 N–H and O–H groups in total. The third kappa shape index (κ3) is 2.82. The number of fused-ring (bicyclic) bond motifs is 1. The van der Waals surface area contributed by atoms with Gasteiger partial charge in [0.05, 0.1) is 12.2 Å². The van der Waals surface area contributed by atoms with Gasteiger partial charge in [-0.15, -0.1) is 0 Å². The van der Waals surface area contributed by atoms with Crippen LogP contribution in [0.4, 0.5) is 5.69 Å². The first-order valence-corrected chi connectivity index (χ1v) is 8.37. The first-order valence-electron chi connectivity index (χ1n) is 8.37. The Balaban J connectivity index is 2.04. The fraction of sp³-hybridized carbons (Fsp3) is 0.368. The summed E-state index contributed by atoms with van der Waals surface area (Å²) in [6.07, 6.45) is 1.17. The highest BCUT2D eigenvalue weighted by molar-refractivity contribution is 5.94. The quantitative estimate of drug-likeness (QED) is 0.759. The first kappa shape index (κ1) is 16.3. The van der Waals surface area contributed by atoms with Crippen LogP contribution in [0.15, 0.2) is 36.5 Å². The Morgan fingerprint density at radius 1 is 1.21 bits per heavy atom. The van der Waals surface area contributed by atoms with Crippen LogP contribution >= 0.6 is 0 Å². The number of aromatic nitrogens is 1. The molecule has 1 unspecified atom stereocenters. The van der Waals surface area contributed by atoms with E-state index < -0.39 is 6.10 Å². The number of nitrogens with zero attached hydrogens (tertiary/aromatic N) is 2. The van der Waals surface area contributed by atoms with E-state index >= 15 is 0 Å². The molecule has 0 bridgehead atoms. The van der Waals surface area contributed by atoms with Crippen molar-refractivity contribution in [3.8, 4) is 5.75 Å². The number of hydrogen-bond acceptors (Lipinski definition) is 5. The van der Waals surface area contributed by atoms with E-state index in [1.807, 2.05) is 25.1 Å². The van der Waals surface area contributed by atoms with Crippen LogP contribution in [-0.2, 0) is 4.74 Å². The second-order valence-electron chi connectivity index (χ2n) is 5.55. The summed E-state index contributed by atoms with van der Waals surface area (Å²) in [4.78, 5) is 18.7. The Bertz CT molecular complexity index is 741. The van der Waals surface area contributed by atoms with Crippen LogP contribution in [0.5, 0.6) is 5.75 Å². The summed E-state index contributed by atoms with van der Waals surface area (Å²) < 4.78 is 11.4. The van der Waals surface area contributed by atoms with Crippen molar-refractivity contribution in [2.45, 2.75) is 26.9 Å². The minimum atomic E-state index is -0.513. The largest absolute Gasteiger partial charge is 0.493 e. The fourth-order valence-electron chi connectivity index (χ4n) is 3.04. The molecular formula is C19H22N2O3. The topological polar surface area (TPSA) is 51.7 Å². The van der Waals surface area contributed by atoms with Crippen molar-refractivity contribution in [1.82, 2.24) is 4.98 Å². The summed E-state index contributed by atoms with van der Waals surface area (Å²) in [6.45, 7) is 8.58. The number of rotatable bonds is 6. The first-order chi connectivity index (χ1) is 11.7. The van der Waals surface area contributed by atoms with E-state index in [1.54, 1.807) is 18.3 Å². The third-order valence-corrected chi connectivity index (χ3v) is 4.24. The zero-order chi connectivity index (χ0) is 17.1. The van der Waals surface area contributed by atoms with Crippen LogP contribution < -0.4 is 9.64 Å². The second kappa shape index (κ2) is 6.91. The Morgan fingerprint density at radius 3 is 2.71 bits per heavy atom. The molecule has 5 heteroatoms. The molecule has 2 heterocycles. The summed E-state index contributed by atoms with van der Waals surface area (Å²) in [5.41, 5.74) is 3.10. The smallest absolute Gasteiger partial charge is 0.341 e. The lowest BCUT2D eigenvalue weighted by Gasteiger charge is -2.23. The van der Waals surface area contributed by atoms with E-state index in [1.165, 1.54) is 0 Å². The normalized spacial score (nSPS) is 15.8. The summed E-state index contributed by atoms with van der Waals surface area (Å²) in [5, 5.41) is 0. The third-order valence-electron chi connectivity index (χ3n) is 4.24. The van der Waals surface area contributed by atoms with Crippen LogP contribution in [0.2, 0.25) is 0 Å². The van der Waals surface area contributed by atoms with E-state index in [0.29, 0.717) is 17.9 Å². The highest BCUT2D eigenvalue weighted by atomic mass is 16.6. The molecule has 1 aliphatic rings. The maximum atomic E-state index is 12.1. The SMILES string of the molecule is CCOc1cc(N(CC)CC)ccc1C1OC(=O)c2cccnc21. The minimum Gasteiger partial charge on any atom is -0.493 e. The lowest BCUT2D eigenvalue weighted by atomic mass is 10.0. The maximum absolute atomic E-state index is 12.1. The van der Waals surface area contributed by atoms with Crippen molar-refractivity contribution < 1.29 is 14.3 Å². The number of hydrogen-bond donors (Lipinski definition) is 0. The summed E-state index contributed by atoms with van der Waals surface area (Å²) in [7, 11) is 0. The fourth-order valence-corrected chi connectivity index (χ4v) is 3.04. The van der Waals surface area contributed by atoms with Gasteiger partial charge in [-0.3, -0.25) is 4.98 Å². The predicted molar refractivity (Wildman–Crippen MR) is 92.7 cm³/mol. The molecule has 1 aromatic carbocycles. The molecule has 0 fully saturated rings. The Labute approximate surface area is 142 Å². The van der Waals surface area contributed by atoms with Gasteiger partial charge in [0, 0.05) is 36.6 Å². The average molecular weight is 326 g/mol. The van der Waals surface area contributed by atoms with E-state index in [9.17, 15) is 4.79 Å². The van der Waals surface area contributed by atoms with Crippen molar-refractivity contribution in [1.29, 1.82) is 0 Å². The van der Waals surface area contributed by atoms with Crippen LogP contribution in [0, 0.1) is 0 Å². The number of carbonyl (C=O) groups is 1. The summed E-state index contributed by atoms with van der Waals surface area (Å²) in [6, 6.07) is 9.52. The maximum Gasteiger partial charge on any atom is 0.341 e. The van der Waals surface area contributed by atoms with E-state index in [-0.39, 0.29) is 5.97 Å². The number of cyclic esters (lactones) is 1. The molecule has 1 aromatic heterocycles. The van der Waals surface area contributed by atoms with Gasteiger partial charge in [0.15, 0.2) is 6.10 Å². The zero-order valence-electron chi connectivity index (χ0n) is 14.3. The van der Waals surface area contributed by atoms with Crippen molar-refractivity contribution >= 4 is 11.7 Å². The highest BCUT2D eigenvalue weighted by Crippen LogP contribution is 2.40. The Kier molecular flexibility index (Phi) is 4.69. The molecule has 3 rings (SSSR count). The zero-order valence-corrected chi connectivity index (χ0v) is 14.3. The molecule has 0 saturated heterocycles. The highest BCUT2D eigenvalue weighted by Gasteiger charge is 2.35. The number of anilines is 1. The summed E-state index contributed by atoms with van der Waals surface area (Å²) >= 11 is 0. The van der Waals surface area contributed by atoms with Gasteiger partial charge >= 0.3 is 5.97 Å². The molecule has 0 radical (unpaired) electrons. The van der Waals surface area contributed by atoms with Crippen molar-refractivity contribution in [3.63, 3.8) is 0 Å². The molecule has 0 spiro atoms. The van der Waals surface area contributed by atoms with Crippen molar-refractivity contribution in [2.24, 2.45) is 0 Å². The molecule has 5 nitrogen and oxygen atoms in total. The molecule has 0 aliphatic carbocycles. The standard InChI is InChI=1S/C19H22N2O3/c1-4-21(5-2)13-9-10-14(16(12-13)23-6-3)18-17-15(19(22)24-18)8-7-11-20-17/h7-12,18H,4-6H2,1-3H3. The number of benzene rings is 1. The van der Waals surface area contributed by atoms with Crippen molar-refractivity contribution in [2.75, 3.05) is 24.6 Å². The second-order valence-corrected chi connectivity index (χ2v) is 5.55. The van der Waals surface area contributed by atoms with Gasteiger partial charge in [0.1, 0.15) is 11.4 Å². The van der Waals surface area contributed by atoms with E-state index in [2.05, 4.69) is 23.7 Å². The monoisotopic (exact) mass is 326 g/mol. The van der Waals surface area contributed by atoms with Gasteiger partial charge in [0.2, 0.25) is 0 Å². The lowest BCUT2D eigenvalue weighted by Crippen LogP contribution is -2.22. The molecule has 0 saturated carbocycles. The van der Waals surface area contributed by atoms with Gasteiger partial charge in [-0.2, -0.15) is 0 Å². The van der Waals surface area contributed by atoms with E-state index in [4.69, 9.17) is 9.47 Å². The van der Waals surface area contributed by atoms with E-state index in [0.717, 1.165) is 30.1 Å². The van der Waals surface area contributed by atoms with Crippen molar-refractivity contribution in [3.05, 3.63) is 53.3 Å². The number of esters is 1. The molecular weight excluding hydrogens is 304 g/mol. The molecule has 2 aromatic rings. The van der Waals surface area contributed by atoms with Gasteiger partial charge in [-0.05, 0) is 45.0 Å². The molecule has 1 aliphatic heterocycles. The van der Waals surface area contributed by atoms with Gasteiger partial charge in [-0.25, -0.2) is 4.79 Å². The number of ether oxygens (including phenoxy) is 2. The minimum absolute atomic E-state index is 0.335. The van der Waals surface area contributed by atoms with Crippen LogP contribution in [0.25, 0.3) is 0 Å². The number of pyridine rings is 1. The Hall–Kier alpha value is -2.56. The predicted octanol–water partition coefficient (Wildman–Crippen LogP) is 3.59. The molecule has 1 atom stereocenters.